The van der Waals surface area contributed by atoms with Crippen molar-refractivity contribution in [3.8, 4) is 11.5 Å². The fourth-order valence-corrected chi connectivity index (χ4v) is 4.43. The van der Waals surface area contributed by atoms with Crippen LogP contribution in [0.25, 0.3) is 0 Å². The predicted molar refractivity (Wildman–Crippen MR) is 131 cm³/mol. The Morgan fingerprint density at radius 2 is 1.94 bits per heavy atom. The lowest BCUT2D eigenvalue weighted by molar-refractivity contribution is -0.136. The SMILES string of the molecule is CCN(CC)CCNC(=O)C1=CC(C)(Cl)CC2=C1OCC(=O)N2Cc1ccc(OC)c(OC)c1. The maximum Gasteiger partial charge on any atom is 0.265 e. The Morgan fingerprint density at radius 3 is 2.59 bits per heavy atom. The van der Waals surface area contributed by atoms with Crippen molar-refractivity contribution in [3.63, 3.8) is 0 Å². The predicted octanol–water partition coefficient (Wildman–Crippen LogP) is 3.06. The van der Waals surface area contributed by atoms with Gasteiger partial charge in [-0.25, -0.2) is 0 Å². The van der Waals surface area contributed by atoms with Crippen LogP contribution in [0.4, 0.5) is 0 Å². The summed E-state index contributed by atoms with van der Waals surface area (Å²) in [6.07, 6.45) is 2.09. The van der Waals surface area contributed by atoms with Gasteiger partial charge in [-0.3, -0.25) is 9.59 Å². The molecule has 1 aromatic carbocycles. The molecular formula is C25H34ClN3O5. The number of allylic oxidation sites excluding steroid dienone is 2. The molecule has 0 aromatic heterocycles. The van der Waals surface area contributed by atoms with E-state index in [-0.39, 0.29) is 18.4 Å². The van der Waals surface area contributed by atoms with E-state index in [1.165, 1.54) is 0 Å². The van der Waals surface area contributed by atoms with E-state index >= 15 is 0 Å². The van der Waals surface area contributed by atoms with Crippen molar-refractivity contribution in [1.82, 2.24) is 15.1 Å². The third kappa shape index (κ3) is 5.85. The number of nitrogens with zero attached hydrogens (tertiary/aromatic N) is 2. The van der Waals surface area contributed by atoms with Gasteiger partial charge in [0.2, 0.25) is 0 Å². The lowest BCUT2D eigenvalue weighted by Gasteiger charge is -2.38. The molecule has 1 heterocycles. The number of carbonyl (C=O) groups is 2. The first-order chi connectivity index (χ1) is 16.2. The molecule has 1 atom stereocenters. The second-order valence-electron chi connectivity index (χ2n) is 8.53. The Labute approximate surface area is 206 Å². The number of alkyl halides is 1. The molecule has 1 N–H and O–H groups in total. The van der Waals surface area contributed by atoms with E-state index in [2.05, 4.69) is 24.1 Å². The van der Waals surface area contributed by atoms with E-state index in [0.29, 0.717) is 48.0 Å². The molecule has 1 aliphatic carbocycles. The van der Waals surface area contributed by atoms with Gasteiger partial charge in [-0.15, -0.1) is 11.6 Å². The molecular weight excluding hydrogens is 458 g/mol. The second kappa shape index (κ2) is 11.1. The average molecular weight is 492 g/mol. The Morgan fingerprint density at radius 1 is 1.24 bits per heavy atom. The highest BCUT2D eigenvalue weighted by Crippen LogP contribution is 2.40. The number of rotatable bonds is 10. The summed E-state index contributed by atoms with van der Waals surface area (Å²) in [5.74, 6) is 1.15. The quantitative estimate of drug-likeness (QED) is 0.507. The summed E-state index contributed by atoms with van der Waals surface area (Å²) in [5.41, 5.74) is 1.83. The molecule has 9 heteroatoms. The summed E-state index contributed by atoms with van der Waals surface area (Å²) >= 11 is 6.73. The zero-order valence-electron chi connectivity index (χ0n) is 20.6. The maximum absolute atomic E-state index is 13.1. The normalized spacial score (nSPS) is 20.0. The Kier molecular flexibility index (Phi) is 8.49. The largest absolute Gasteiger partial charge is 0.493 e. The van der Waals surface area contributed by atoms with Crippen LogP contribution in [0, 0.1) is 0 Å². The van der Waals surface area contributed by atoms with Crippen molar-refractivity contribution in [2.24, 2.45) is 0 Å². The number of benzene rings is 1. The van der Waals surface area contributed by atoms with Gasteiger partial charge in [0, 0.05) is 19.5 Å². The van der Waals surface area contributed by atoms with Crippen molar-refractivity contribution >= 4 is 23.4 Å². The van der Waals surface area contributed by atoms with Gasteiger partial charge in [-0.2, -0.15) is 0 Å². The van der Waals surface area contributed by atoms with Crippen LogP contribution in [0.3, 0.4) is 0 Å². The van der Waals surface area contributed by atoms with E-state index < -0.39 is 4.87 Å². The Bertz CT molecular complexity index is 985. The van der Waals surface area contributed by atoms with Crippen molar-refractivity contribution in [3.05, 3.63) is 46.9 Å². The molecule has 0 saturated carbocycles. The van der Waals surface area contributed by atoms with Crippen LogP contribution in [0.15, 0.2) is 41.3 Å². The van der Waals surface area contributed by atoms with Crippen molar-refractivity contribution in [2.45, 2.75) is 38.6 Å². The molecule has 2 aliphatic rings. The molecule has 1 aromatic rings. The van der Waals surface area contributed by atoms with Crippen LogP contribution in [0.2, 0.25) is 0 Å². The number of likely N-dealkylation sites (N-methyl/N-ethyl adjacent to an activating group) is 1. The van der Waals surface area contributed by atoms with E-state index in [9.17, 15) is 9.59 Å². The molecule has 0 saturated heterocycles. The number of hydrogen-bond donors (Lipinski definition) is 1. The smallest absolute Gasteiger partial charge is 0.265 e. The van der Waals surface area contributed by atoms with Crippen molar-refractivity contribution in [1.29, 1.82) is 0 Å². The lowest BCUT2D eigenvalue weighted by atomic mass is 9.90. The molecule has 0 spiro atoms. The highest BCUT2D eigenvalue weighted by atomic mass is 35.5. The van der Waals surface area contributed by atoms with E-state index in [1.807, 2.05) is 19.1 Å². The van der Waals surface area contributed by atoms with Gasteiger partial charge in [0.15, 0.2) is 23.9 Å². The van der Waals surface area contributed by atoms with Crippen molar-refractivity contribution < 1.29 is 23.8 Å². The second-order valence-corrected chi connectivity index (χ2v) is 9.39. The number of halogens is 1. The first-order valence-electron chi connectivity index (χ1n) is 11.5. The van der Waals surface area contributed by atoms with E-state index in [4.69, 9.17) is 25.8 Å². The summed E-state index contributed by atoms with van der Waals surface area (Å²) in [4.78, 5) is 29.0. The molecule has 3 rings (SSSR count). The topological polar surface area (TPSA) is 80.3 Å². The zero-order valence-corrected chi connectivity index (χ0v) is 21.3. The minimum Gasteiger partial charge on any atom is -0.493 e. The average Bonchev–Trinajstić information content (AvgIpc) is 2.82. The highest BCUT2D eigenvalue weighted by molar-refractivity contribution is 6.26. The molecule has 186 valence electrons. The molecule has 0 fully saturated rings. The molecule has 8 nitrogen and oxygen atoms in total. The van der Waals surface area contributed by atoms with E-state index in [0.717, 1.165) is 25.2 Å². The number of carbonyl (C=O) groups excluding carboxylic acids is 2. The van der Waals surface area contributed by atoms with Gasteiger partial charge >= 0.3 is 0 Å². The minimum absolute atomic E-state index is 0.144. The molecule has 1 aliphatic heterocycles. The van der Waals surface area contributed by atoms with Crippen molar-refractivity contribution in [2.75, 3.05) is 47.0 Å². The van der Waals surface area contributed by atoms with E-state index in [1.54, 1.807) is 31.3 Å². The number of amides is 2. The number of methoxy groups -OCH3 is 2. The van der Waals surface area contributed by atoms with Crippen LogP contribution in [0.1, 0.15) is 32.8 Å². The molecule has 1 unspecified atom stereocenters. The van der Waals surface area contributed by atoms with Gasteiger partial charge in [-0.1, -0.05) is 19.9 Å². The monoisotopic (exact) mass is 491 g/mol. The standard InChI is InChI=1S/C25H34ClN3O5/c1-6-28(7-2)11-10-27-24(31)18-13-25(3,26)14-19-23(18)34-16-22(30)29(19)15-17-8-9-20(32-4)21(12-17)33-5/h8-9,12-13H,6-7,10-11,14-16H2,1-5H3,(H,27,31). The zero-order chi connectivity index (χ0) is 24.9. The molecule has 34 heavy (non-hydrogen) atoms. The van der Waals surface area contributed by atoms with Crippen LogP contribution >= 0.6 is 11.6 Å². The molecule has 0 bridgehead atoms. The Hall–Kier alpha value is -2.71. The third-order valence-corrected chi connectivity index (χ3v) is 6.32. The van der Waals surface area contributed by atoms with Crippen LogP contribution in [-0.4, -0.2) is 73.5 Å². The number of ether oxygens (including phenoxy) is 3. The van der Waals surface area contributed by atoms with Gasteiger partial charge in [-0.05, 0) is 43.8 Å². The van der Waals surface area contributed by atoms with Gasteiger partial charge < -0.3 is 29.3 Å². The lowest BCUT2D eigenvalue weighted by Crippen LogP contribution is -2.44. The van der Waals surface area contributed by atoms with Gasteiger partial charge in [0.05, 0.1) is 36.9 Å². The van der Waals surface area contributed by atoms with Crippen LogP contribution in [-0.2, 0) is 20.9 Å². The minimum atomic E-state index is -0.832. The van der Waals surface area contributed by atoms with Crippen LogP contribution in [0.5, 0.6) is 11.5 Å². The number of nitrogens with one attached hydrogen (secondary N) is 1. The first-order valence-corrected chi connectivity index (χ1v) is 11.9. The highest BCUT2D eigenvalue weighted by Gasteiger charge is 2.40. The molecule has 0 radical (unpaired) electrons. The third-order valence-electron chi connectivity index (χ3n) is 6.07. The summed E-state index contributed by atoms with van der Waals surface area (Å²) in [5, 5.41) is 2.97. The summed E-state index contributed by atoms with van der Waals surface area (Å²) in [6.45, 7) is 9.25. The summed E-state index contributed by atoms with van der Waals surface area (Å²) < 4.78 is 16.5. The fraction of sp³-hybridized carbons (Fsp3) is 0.520. The first kappa shape index (κ1) is 25.9. The summed E-state index contributed by atoms with van der Waals surface area (Å²) in [6, 6.07) is 5.51. The van der Waals surface area contributed by atoms with Crippen LogP contribution < -0.4 is 14.8 Å². The number of hydrogen-bond acceptors (Lipinski definition) is 6. The van der Waals surface area contributed by atoms with Gasteiger partial charge in [0.25, 0.3) is 11.8 Å². The molecule has 2 amide bonds. The fourth-order valence-electron chi connectivity index (χ4n) is 4.20. The van der Waals surface area contributed by atoms with Gasteiger partial charge in [0.1, 0.15) is 0 Å². The maximum atomic E-state index is 13.1. The summed E-state index contributed by atoms with van der Waals surface area (Å²) in [7, 11) is 3.14. The Balaban J connectivity index is 1.86.